The Morgan fingerprint density at radius 2 is 1.76 bits per heavy atom. The molecule has 3 rings (SSSR count). The fourth-order valence-corrected chi connectivity index (χ4v) is 4.25. The van der Waals surface area contributed by atoms with Gasteiger partial charge in [0.05, 0.1) is 11.0 Å². The van der Waals surface area contributed by atoms with Gasteiger partial charge in [0.2, 0.25) is 0 Å². The van der Waals surface area contributed by atoms with Gasteiger partial charge < -0.3 is 0 Å². The summed E-state index contributed by atoms with van der Waals surface area (Å²) in [7, 11) is -3.51. The highest BCUT2D eigenvalue weighted by atomic mass is 32.2. The zero-order valence-electron chi connectivity index (χ0n) is 12.7. The molecule has 2 aromatic rings. The number of nitrogens with zero attached hydrogens (tertiary/aromatic N) is 3. The maximum atomic E-state index is 12.8. The molecule has 6 heteroatoms. The zero-order valence-corrected chi connectivity index (χ0v) is 13.5. The highest BCUT2D eigenvalue weighted by Crippen LogP contribution is 2.24. The van der Waals surface area contributed by atoms with Crippen LogP contribution in [0.1, 0.15) is 30.9 Å². The Bertz CT molecular complexity index is 772. The molecule has 0 radical (unpaired) electrons. The van der Waals surface area contributed by atoms with Crippen LogP contribution in [0.15, 0.2) is 18.5 Å². The van der Waals surface area contributed by atoms with E-state index in [1.165, 1.54) is 10.3 Å². The molecule has 1 aromatic carbocycles. The number of fused-ring (bicyclic) bond motifs is 1. The molecule has 0 bridgehead atoms. The first kappa shape index (κ1) is 14.5. The monoisotopic (exact) mass is 307 g/mol. The third kappa shape index (κ3) is 2.46. The van der Waals surface area contributed by atoms with Gasteiger partial charge in [0, 0.05) is 13.1 Å². The van der Waals surface area contributed by atoms with Gasteiger partial charge in [-0.15, -0.1) is 0 Å². The average Bonchev–Trinajstić information content (AvgIpc) is 2.83. The number of aromatic nitrogens is 2. The first-order valence-electron chi connectivity index (χ1n) is 7.34. The van der Waals surface area contributed by atoms with Crippen molar-refractivity contribution in [2.24, 2.45) is 5.92 Å². The molecular weight excluding hydrogens is 286 g/mol. The molecule has 2 heterocycles. The van der Waals surface area contributed by atoms with Gasteiger partial charge >= 0.3 is 10.2 Å². The molecule has 0 spiro atoms. The zero-order chi connectivity index (χ0) is 15.2. The summed E-state index contributed by atoms with van der Waals surface area (Å²) in [5, 5.41) is 0. The van der Waals surface area contributed by atoms with Crippen LogP contribution in [0, 0.1) is 19.8 Å². The van der Waals surface area contributed by atoms with Crippen molar-refractivity contribution in [2.45, 2.75) is 33.6 Å². The van der Waals surface area contributed by atoms with Crippen LogP contribution in [0.3, 0.4) is 0 Å². The Hall–Kier alpha value is -1.40. The third-order valence-corrected chi connectivity index (χ3v) is 6.25. The summed E-state index contributed by atoms with van der Waals surface area (Å²) < 4.78 is 28.5. The summed E-state index contributed by atoms with van der Waals surface area (Å²) in [6.45, 7) is 7.35. The molecule has 1 aliphatic rings. The first-order chi connectivity index (χ1) is 9.89. The Morgan fingerprint density at radius 1 is 1.14 bits per heavy atom. The third-order valence-electron chi connectivity index (χ3n) is 4.45. The van der Waals surface area contributed by atoms with Gasteiger partial charge in [0.15, 0.2) is 0 Å². The molecule has 5 nitrogen and oxygen atoms in total. The quantitative estimate of drug-likeness (QED) is 0.856. The number of rotatable bonds is 2. The van der Waals surface area contributed by atoms with Crippen LogP contribution < -0.4 is 0 Å². The van der Waals surface area contributed by atoms with Crippen LogP contribution in [0.5, 0.6) is 0 Å². The van der Waals surface area contributed by atoms with Crippen molar-refractivity contribution in [3.63, 3.8) is 0 Å². The van der Waals surface area contributed by atoms with E-state index in [1.54, 1.807) is 4.31 Å². The van der Waals surface area contributed by atoms with Crippen molar-refractivity contribution in [2.75, 3.05) is 13.1 Å². The molecule has 1 saturated heterocycles. The van der Waals surface area contributed by atoms with E-state index < -0.39 is 10.2 Å². The first-order valence-corrected chi connectivity index (χ1v) is 8.74. The Balaban J connectivity index is 2.05. The number of hydrogen-bond donors (Lipinski definition) is 0. The van der Waals surface area contributed by atoms with Crippen LogP contribution in [0.2, 0.25) is 0 Å². The molecule has 114 valence electrons. The molecule has 0 aliphatic carbocycles. The Morgan fingerprint density at radius 3 is 2.43 bits per heavy atom. The highest BCUT2D eigenvalue weighted by molar-refractivity contribution is 7.87. The van der Waals surface area contributed by atoms with Gasteiger partial charge in [0.25, 0.3) is 0 Å². The van der Waals surface area contributed by atoms with Gasteiger partial charge in [-0.1, -0.05) is 6.92 Å². The van der Waals surface area contributed by atoms with Crippen molar-refractivity contribution in [1.82, 2.24) is 13.3 Å². The van der Waals surface area contributed by atoms with Crippen LogP contribution >= 0.6 is 0 Å². The summed E-state index contributed by atoms with van der Waals surface area (Å²) in [5.41, 5.74) is 3.59. The average molecular weight is 307 g/mol. The van der Waals surface area contributed by atoms with E-state index in [2.05, 4.69) is 11.9 Å². The highest BCUT2D eigenvalue weighted by Gasteiger charge is 2.29. The smallest absolute Gasteiger partial charge is 0.236 e. The molecule has 1 aromatic heterocycles. The normalized spacial score (nSPS) is 18.4. The number of benzene rings is 1. The van der Waals surface area contributed by atoms with Gasteiger partial charge in [-0.25, -0.2) is 8.96 Å². The fraction of sp³-hybridized carbons (Fsp3) is 0.533. The van der Waals surface area contributed by atoms with Crippen LogP contribution in [-0.4, -0.2) is 34.8 Å². The molecule has 0 saturated carbocycles. The molecule has 0 N–H and O–H groups in total. The van der Waals surface area contributed by atoms with Crippen molar-refractivity contribution in [3.05, 3.63) is 29.6 Å². The molecule has 1 aliphatic heterocycles. The van der Waals surface area contributed by atoms with Crippen molar-refractivity contribution < 1.29 is 8.42 Å². The number of aryl methyl sites for hydroxylation is 2. The molecule has 21 heavy (non-hydrogen) atoms. The lowest BCUT2D eigenvalue weighted by Crippen LogP contribution is -2.40. The second kappa shape index (κ2) is 5.10. The topological polar surface area (TPSA) is 55.2 Å². The number of hydrogen-bond acceptors (Lipinski definition) is 3. The van der Waals surface area contributed by atoms with Crippen LogP contribution in [0.4, 0.5) is 0 Å². The molecule has 0 amide bonds. The summed E-state index contributed by atoms with van der Waals surface area (Å²) in [5.74, 6) is 0.598. The largest absolute Gasteiger partial charge is 0.309 e. The lowest BCUT2D eigenvalue weighted by Gasteiger charge is -2.29. The Labute approximate surface area is 125 Å². The predicted octanol–water partition coefficient (Wildman–Crippen LogP) is 2.48. The van der Waals surface area contributed by atoms with E-state index in [1.807, 2.05) is 26.0 Å². The SMILES string of the molecule is Cc1cc2ncn(S(=O)(=O)N3CCC(C)CC3)c2cc1C. The van der Waals surface area contributed by atoms with Crippen LogP contribution in [0.25, 0.3) is 11.0 Å². The minimum absolute atomic E-state index is 0.591. The molecule has 0 unspecified atom stereocenters. The van der Waals surface area contributed by atoms with E-state index in [-0.39, 0.29) is 0 Å². The van der Waals surface area contributed by atoms with E-state index in [9.17, 15) is 8.42 Å². The van der Waals surface area contributed by atoms with Gasteiger partial charge in [-0.3, -0.25) is 0 Å². The standard InChI is InChI=1S/C15H21N3O2S/c1-11-4-6-17(7-5-11)21(19,20)18-10-16-14-8-12(2)13(3)9-15(14)18/h8-11H,4-7H2,1-3H3. The van der Waals surface area contributed by atoms with Crippen LogP contribution in [-0.2, 0) is 10.2 Å². The maximum Gasteiger partial charge on any atom is 0.309 e. The van der Waals surface area contributed by atoms with Crippen molar-refractivity contribution in [1.29, 1.82) is 0 Å². The lowest BCUT2D eigenvalue weighted by atomic mass is 10.0. The van der Waals surface area contributed by atoms with Crippen molar-refractivity contribution in [3.8, 4) is 0 Å². The summed E-state index contributed by atoms with van der Waals surface area (Å²) >= 11 is 0. The lowest BCUT2D eigenvalue weighted by molar-refractivity contribution is 0.286. The maximum absolute atomic E-state index is 12.8. The van der Waals surface area contributed by atoms with E-state index in [0.29, 0.717) is 24.5 Å². The number of piperidine rings is 1. The summed E-state index contributed by atoms with van der Waals surface area (Å²) in [6.07, 6.45) is 3.27. The molecular formula is C15H21N3O2S. The van der Waals surface area contributed by atoms with Gasteiger partial charge in [-0.05, 0) is 55.9 Å². The van der Waals surface area contributed by atoms with Gasteiger partial charge in [0.1, 0.15) is 6.33 Å². The molecule has 0 atom stereocenters. The Kier molecular flexibility index (Phi) is 3.53. The van der Waals surface area contributed by atoms with E-state index >= 15 is 0 Å². The second-order valence-electron chi connectivity index (χ2n) is 6.05. The molecule has 1 fully saturated rings. The summed E-state index contributed by atoms with van der Waals surface area (Å²) in [4.78, 5) is 4.25. The second-order valence-corrected chi connectivity index (χ2v) is 7.86. The predicted molar refractivity (Wildman–Crippen MR) is 83.5 cm³/mol. The fourth-order valence-electron chi connectivity index (χ4n) is 2.77. The minimum Gasteiger partial charge on any atom is -0.236 e. The van der Waals surface area contributed by atoms with E-state index in [4.69, 9.17) is 0 Å². The van der Waals surface area contributed by atoms with E-state index in [0.717, 1.165) is 29.5 Å². The summed E-state index contributed by atoms with van der Waals surface area (Å²) in [6, 6.07) is 3.84. The van der Waals surface area contributed by atoms with Gasteiger partial charge in [-0.2, -0.15) is 12.7 Å². The minimum atomic E-state index is -3.51. The van der Waals surface area contributed by atoms with Crippen molar-refractivity contribution >= 4 is 21.2 Å². The number of imidazole rings is 1.